The lowest BCUT2D eigenvalue weighted by atomic mass is 10.1. The number of amides is 1. The molecule has 2 heterocycles. The van der Waals surface area contributed by atoms with Crippen LogP contribution in [-0.2, 0) is 7.05 Å². The van der Waals surface area contributed by atoms with Gasteiger partial charge in [-0.2, -0.15) is 0 Å². The molecule has 0 radical (unpaired) electrons. The summed E-state index contributed by atoms with van der Waals surface area (Å²) >= 11 is 5.89. The highest BCUT2D eigenvalue weighted by Crippen LogP contribution is 2.24. The van der Waals surface area contributed by atoms with Crippen LogP contribution in [0.3, 0.4) is 0 Å². The number of carbonyl (C=O) groups is 1. The first-order chi connectivity index (χ1) is 13.0. The molecule has 0 spiro atoms. The number of ether oxygens (including phenoxy) is 1. The van der Waals surface area contributed by atoms with Crippen molar-refractivity contribution in [1.29, 1.82) is 0 Å². The molecule has 1 aromatic heterocycles. The number of nitrogens with zero attached hydrogens (tertiary/aromatic N) is 2. The standard InChI is InChI=1S/C21H20ClFN2O2/c1-24-19-7-4-16(23)12-14(19)13-20(24)21(26)25-10-8-18(9-11-25)27-17-5-2-15(22)3-6-17/h2-7,12-13,18H,8-11H2,1H3. The van der Waals surface area contributed by atoms with Crippen LogP contribution < -0.4 is 4.74 Å². The lowest BCUT2D eigenvalue weighted by Crippen LogP contribution is -2.42. The minimum absolute atomic E-state index is 0.0287. The van der Waals surface area contributed by atoms with E-state index in [0.29, 0.717) is 23.8 Å². The van der Waals surface area contributed by atoms with Gasteiger partial charge >= 0.3 is 0 Å². The van der Waals surface area contributed by atoms with E-state index in [0.717, 1.165) is 29.5 Å². The molecule has 1 aliphatic heterocycles. The second-order valence-corrected chi connectivity index (χ2v) is 7.29. The Bertz CT molecular complexity index is 976. The summed E-state index contributed by atoms with van der Waals surface area (Å²) in [5.41, 5.74) is 1.42. The Balaban J connectivity index is 1.43. The quantitative estimate of drug-likeness (QED) is 0.656. The van der Waals surface area contributed by atoms with Crippen LogP contribution in [0.1, 0.15) is 23.3 Å². The molecule has 4 rings (SSSR count). The highest BCUT2D eigenvalue weighted by atomic mass is 35.5. The largest absolute Gasteiger partial charge is 0.490 e. The Kier molecular flexibility index (Phi) is 4.79. The molecular formula is C21H20ClFN2O2. The SMILES string of the molecule is Cn1c(C(=O)N2CCC(Oc3ccc(Cl)cc3)CC2)cc2cc(F)ccc21. The maximum absolute atomic E-state index is 13.5. The van der Waals surface area contributed by atoms with E-state index < -0.39 is 0 Å². The zero-order valence-corrected chi connectivity index (χ0v) is 15.7. The van der Waals surface area contributed by atoms with Crippen LogP contribution in [0.4, 0.5) is 4.39 Å². The molecule has 0 N–H and O–H groups in total. The Morgan fingerprint density at radius 2 is 1.81 bits per heavy atom. The molecule has 0 aliphatic carbocycles. The van der Waals surface area contributed by atoms with Gasteiger partial charge in [0.05, 0.1) is 0 Å². The number of hydrogen-bond donors (Lipinski definition) is 0. The molecule has 140 valence electrons. The van der Waals surface area contributed by atoms with Crippen molar-refractivity contribution in [2.45, 2.75) is 18.9 Å². The average molecular weight is 387 g/mol. The first-order valence-corrected chi connectivity index (χ1v) is 9.35. The summed E-state index contributed by atoms with van der Waals surface area (Å²) in [5.74, 6) is 0.464. The molecule has 2 aromatic carbocycles. The van der Waals surface area contributed by atoms with E-state index in [1.165, 1.54) is 12.1 Å². The molecule has 1 saturated heterocycles. The van der Waals surface area contributed by atoms with Gasteiger partial charge < -0.3 is 14.2 Å². The van der Waals surface area contributed by atoms with Crippen molar-refractivity contribution in [2.24, 2.45) is 7.05 Å². The van der Waals surface area contributed by atoms with Crippen molar-refractivity contribution < 1.29 is 13.9 Å². The molecule has 3 aromatic rings. The van der Waals surface area contributed by atoms with Gasteiger partial charge in [0.1, 0.15) is 23.4 Å². The zero-order chi connectivity index (χ0) is 19.0. The number of likely N-dealkylation sites (tertiary alicyclic amines) is 1. The highest BCUT2D eigenvalue weighted by Gasteiger charge is 2.26. The van der Waals surface area contributed by atoms with Crippen LogP contribution in [0.15, 0.2) is 48.5 Å². The smallest absolute Gasteiger partial charge is 0.270 e. The van der Waals surface area contributed by atoms with Crippen LogP contribution >= 0.6 is 11.6 Å². The molecular weight excluding hydrogens is 367 g/mol. The fourth-order valence-corrected chi connectivity index (χ4v) is 3.70. The predicted molar refractivity (Wildman–Crippen MR) is 104 cm³/mol. The summed E-state index contributed by atoms with van der Waals surface area (Å²) in [6.07, 6.45) is 1.62. The summed E-state index contributed by atoms with van der Waals surface area (Å²) in [6, 6.07) is 13.7. The van der Waals surface area contributed by atoms with Crippen LogP contribution in [0, 0.1) is 5.82 Å². The Hall–Kier alpha value is -2.53. The molecule has 1 aliphatic rings. The molecule has 0 saturated carbocycles. The fourth-order valence-electron chi connectivity index (χ4n) is 3.57. The third kappa shape index (κ3) is 3.65. The number of hydrogen-bond acceptors (Lipinski definition) is 2. The van der Waals surface area contributed by atoms with E-state index >= 15 is 0 Å². The third-order valence-electron chi connectivity index (χ3n) is 5.07. The summed E-state index contributed by atoms with van der Waals surface area (Å²) in [4.78, 5) is 14.8. The van der Waals surface area contributed by atoms with Gasteiger partial charge in [0.15, 0.2) is 0 Å². The lowest BCUT2D eigenvalue weighted by molar-refractivity contribution is 0.0587. The van der Waals surface area contributed by atoms with Crippen LogP contribution in [0.5, 0.6) is 5.75 Å². The topological polar surface area (TPSA) is 34.5 Å². The first-order valence-electron chi connectivity index (χ1n) is 8.98. The van der Waals surface area contributed by atoms with Crippen molar-refractivity contribution >= 4 is 28.4 Å². The molecule has 0 unspecified atom stereocenters. The van der Waals surface area contributed by atoms with Gasteiger partial charge in [-0.3, -0.25) is 4.79 Å². The second-order valence-electron chi connectivity index (χ2n) is 6.86. The van der Waals surface area contributed by atoms with E-state index in [1.54, 1.807) is 24.3 Å². The van der Waals surface area contributed by atoms with E-state index in [9.17, 15) is 9.18 Å². The van der Waals surface area contributed by atoms with Gasteiger partial charge in [-0.25, -0.2) is 4.39 Å². The van der Waals surface area contributed by atoms with Gasteiger partial charge in [0.25, 0.3) is 5.91 Å². The molecule has 0 atom stereocenters. The summed E-state index contributed by atoms with van der Waals surface area (Å²) < 4.78 is 21.3. The number of aryl methyl sites for hydroxylation is 1. The molecule has 27 heavy (non-hydrogen) atoms. The number of benzene rings is 2. The fraction of sp³-hybridized carbons (Fsp3) is 0.286. The normalized spacial score (nSPS) is 15.3. The molecule has 4 nitrogen and oxygen atoms in total. The highest BCUT2D eigenvalue weighted by molar-refractivity contribution is 6.30. The van der Waals surface area contributed by atoms with Gasteiger partial charge in [-0.15, -0.1) is 0 Å². The molecule has 1 fully saturated rings. The number of rotatable bonds is 3. The maximum Gasteiger partial charge on any atom is 0.270 e. The van der Waals surface area contributed by atoms with Crippen molar-refractivity contribution in [1.82, 2.24) is 9.47 Å². The van der Waals surface area contributed by atoms with E-state index in [1.807, 2.05) is 28.6 Å². The van der Waals surface area contributed by atoms with Crippen molar-refractivity contribution in [3.8, 4) is 5.75 Å². The minimum atomic E-state index is -0.299. The number of fused-ring (bicyclic) bond motifs is 1. The van der Waals surface area contributed by atoms with E-state index in [-0.39, 0.29) is 17.8 Å². The van der Waals surface area contributed by atoms with Crippen molar-refractivity contribution in [3.05, 3.63) is 65.1 Å². The van der Waals surface area contributed by atoms with Crippen molar-refractivity contribution in [2.75, 3.05) is 13.1 Å². The van der Waals surface area contributed by atoms with Gasteiger partial charge in [-0.05, 0) is 48.5 Å². The lowest BCUT2D eigenvalue weighted by Gasteiger charge is -2.32. The zero-order valence-electron chi connectivity index (χ0n) is 15.0. The number of piperidine rings is 1. The van der Waals surface area contributed by atoms with Crippen LogP contribution in [0.25, 0.3) is 10.9 Å². The minimum Gasteiger partial charge on any atom is -0.490 e. The Morgan fingerprint density at radius 3 is 2.52 bits per heavy atom. The van der Waals surface area contributed by atoms with Gasteiger partial charge in [-0.1, -0.05) is 11.6 Å². The summed E-state index contributed by atoms with van der Waals surface area (Å²) in [6.45, 7) is 1.26. The molecule has 0 bridgehead atoms. The first kappa shape index (κ1) is 17.9. The van der Waals surface area contributed by atoms with E-state index in [4.69, 9.17) is 16.3 Å². The van der Waals surface area contributed by atoms with E-state index in [2.05, 4.69) is 0 Å². The predicted octanol–water partition coefficient (Wildman–Crippen LogP) is 4.65. The number of carbonyl (C=O) groups excluding carboxylic acids is 1. The Labute approximate surface area is 162 Å². The summed E-state index contributed by atoms with van der Waals surface area (Å²) in [5, 5.41) is 1.42. The summed E-state index contributed by atoms with van der Waals surface area (Å²) in [7, 11) is 1.84. The number of aromatic nitrogens is 1. The average Bonchev–Trinajstić information content (AvgIpc) is 2.99. The van der Waals surface area contributed by atoms with Gasteiger partial charge in [0.2, 0.25) is 0 Å². The molecule has 6 heteroatoms. The van der Waals surface area contributed by atoms with Crippen LogP contribution in [0.2, 0.25) is 5.02 Å². The number of halogens is 2. The monoisotopic (exact) mass is 386 g/mol. The third-order valence-corrected chi connectivity index (χ3v) is 5.32. The van der Waals surface area contributed by atoms with Crippen LogP contribution in [-0.4, -0.2) is 34.6 Å². The Morgan fingerprint density at radius 1 is 1.11 bits per heavy atom. The van der Waals surface area contributed by atoms with Gasteiger partial charge in [0, 0.05) is 48.9 Å². The maximum atomic E-state index is 13.5. The molecule has 1 amide bonds. The van der Waals surface area contributed by atoms with Crippen molar-refractivity contribution in [3.63, 3.8) is 0 Å². The second kappa shape index (κ2) is 7.24.